The van der Waals surface area contributed by atoms with Gasteiger partial charge in [0.05, 0.1) is 13.0 Å². The number of aromatic nitrogens is 1. The van der Waals surface area contributed by atoms with Gasteiger partial charge in [-0.25, -0.2) is 9.29 Å². The monoisotopic (exact) mass is 409 g/mol. The number of Topliss-reactive ketones (excluding diaryl/α,β-unsaturated/α-hetero) is 1. The van der Waals surface area contributed by atoms with Gasteiger partial charge >= 0.3 is 0 Å². The number of ketones is 1. The van der Waals surface area contributed by atoms with Crippen molar-refractivity contribution in [2.24, 2.45) is 11.7 Å². The van der Waals surface area contributed by atoms with E-state index in [1.165, 1.54) is 25.3 Å². The molecule has 0 bridgehead atoms. The van der Waals surface area contributed by atoms with E-state index in [9.17, 15) is 22.8 Å². The first-order valence-corrected chi connectivity index (χ1v) is 10.5. The largest absolute Gasteiger partial charge is 0.369 e. The van der Waals surface area contributed by atoms with Crippen molar-refractivity contribution < 1.29 is 22.8 Å². The molecule has 28 heavy (non-hydrogen) atoms. The molecule has 1 radical (unpaired) electrons. The topological polar surface area (TPSA) is 140 Å². The van der Waals surface area contributed by atoms with Crippen molar-refractivity contribution >= 4 is 27.6 Å². The Hall–Kier alpha value is -2.33. The summed E-state index contributed by atoms with van der Waals surface area (Å²) in [5.74, 6) is -2.51. The Morgan fingerprint density at radius 2 is 2.11 bits per heavy atom. The van der Waals surface area contributed by atoms with Crippen molar-refractivity contribution in [2.45, 2.75) is 50.2 Å². The van der Waals surface area contributed by atoms with Gasteiger partial charge in [0.25, 0.3) is 10.0 Å². The molecular formula is C18H25N4O5S. The molecule has 9 nitrogen and oxygen atoms in total. The molecule has 1 saturated heterocycles. The van der Waals surface area contributed by atoms with E-state index in [0.29, 0.717) is 10.7 Å². The summed E-state index contributed by atoms with van der Waals surface area (Å²) < 4.78 is 26.9. The van der Waals surface area contributed by atoms with Crippen molar-refractivity contribution in [3.63, 3.8) is 0 Å². The molecule has 1 aromatic rings. The van der Waals surface area contributed by atoms with Gasteiger partial charge in [0.1, 0.15) is 6.04 Å². The van der Waals surface area contributed by atoms with Gasteiger partial charge in [0.2, 0.25) is 11.8 Å². The summed E-state index contributed by atoms with van der Waals surface area (Å²) in [6.45, 7) is 3.38. The first-order chi connectivity index (χ1) is 13.1. The number of hydrogen-bond acceptors (Lipinski definition) is 7. The maximum atomic E-state index is 13.1. The lowest BCUT2D eigenvalue weighted by Gasteiger charge is -2.29. The van der Waals surface area contributed by atoms with Crippen molar-refractivity contribution in [1.82, 2.24) is 14.6 Å². The fourth-order valence-corrected chi connectivity index (χ4v) is 4.35. The van der Waals surface area contributed by atoms with Crippen LogP contribution in [0.4, 0.5) is 0 Å². The van der Waals surface area contributed by atoms with Crippen LogP contribution in [-0.2, 0) is 24.4 Å². The van der Waals surface area contributed by atoms with Crippen LogP contribution < -0.4 is 11.1 Å². The van der Waals surface area contributed by atoms with Gasteiger partial charge in [0.15, 0.2) is 10.8 Å². The molecule has 1 aromatic heterocycles. The van der Waals surface area contributed by atoms with E-state index in [1.807, 2.05) is 6.92 Å². The number of rotatable bonds is 7. The minimum Gasteiger partial charge on any atom is -0.369 e. The summed E-state index contributed by atoms with van der Waals surface area (Å²) in [6, 6.07) is 3.18. The van der Waals surface area contributed by atoms with Crippen LogP contribution in [0, 0.1) is 12.3 Å². The predicted molar refractivity (Wildman–Crippen MR) is 101 cm³/mol. The van der Waals surface area contributed by atoms with Gasteiger partial charge in [-0.3, -0.25) is 14.4 Å². The SMILES string of the molecule is C[C@H]1CC[C@H](N(C(=O)[CH]C[C@H](C)C(N)=O)S(=O)(=O)c2ccccn2)C(=O)CN1. The maximum absolute atomic E-state index is 13.1. The highest BCUT2D eigenvalue weighted by Crippen LogP contribution is 2.23. The minimum atomic E-state index is -4.36. The zero-order chi connectivity index (χ0) is 20.9. The van der Waals surface area contributed by atoms with Crippen LogP contribution in [0.1, 0.15) is 33.1 Å². The van der Waals surface area contributed by atoms with Crippen LogP contribution in [0.5, 0.6) is 0 Å². The Morgan fingerprint density at radius 3 is 2.71 bits per heavy atom. The first kappa shape index (κ1) is 22.0. The highest BCUT2D eigenvalue weighted by atomic mass is 32.2. The summed E-state index contributed by atoms with van der Waals surface area (Å²) >= 11 is 0. The zero-order valence-electron chi connectivity index (χ0n) is 15.9. The second-order valence-electron chi connectivity index (χ2n) is 6.89. The van der Waals surface area contributed by atoms with E-state index >= 15 is 0 Å². The van der Waals surface area contributed by atoms with E-state index in [2.05, 4.69) is 10.3 Å². The predicted octanol–water partition coefficient (Wildman–Crippen LogP) is 0.0243. The van der Waals surface area contributed by atoms with Crippen LogP contribution in [0.2, 0.25) is 0 Å². The number of carbonyl (C=O) groups excluding carboxylic acids is 3. The third kappa shape index (κ3) is 5.14. The van der Waals surface area contributed by atoms with Gasteiger partial charge in [-0.15, -0.1) is 0 Å². The Morgan fingerprint density at radius 1 is 1.39 bits per heavy atom. The second kappa shape index (κ2) is 9.24. The second-order valence-corrected chi connectivity index (χ2v) is 8.65. The smallest absolute Gasteiger partial charge is 0.284 e. The van der Waals surface area contributed by atoms with Gasteiger partial charge in [-0.2, -0.15) is 8.42 Å². The normalized spacial score (nSPS) is 21.6. The van der Waals surface area contributed by atoms with Crippen LogP contribution in [-0.4, -0.2) is 53.9 Å². The maximum Gasteiger partial charge on any atom is 0.284 e. The van der Waals surface area contributed by atoms with Crippen LogP contribution in [0.15, 0.2) is 29.4 Å². The standard InChI is InChI=1S/C18H25N4O5S/c1-12(18(19)25)6-9-17(24)22(14-8-7-13(2)21-11-15(14)23)28(26,27)16-5-3-4-10-20-16/h3-5,9-10,12-14,21H,6-8,11H2,1-2H3,(H2,19,25)/t12-,13-,14-/m0/s1. The average molecular weight is 409 g/mol. The molecule has 2 rings (SSSR count). The minimum absolute atomic E-state index is 0.0160. The highest BCUT2D eigenvalue weighted by molar-refractivity contribution is 7.89. The Bertz CT molecular complexity index is 828. The van der Waals surface area contributed by atoms with E-state index in [-0.39, 0.29) is 30.5 Å². The molecule has 2 amide bonds. The molecule has 3 atom stereocenters. The number of nitrogens with zero attached hydrogens (tertiary/aromatic N) is 2. The number of hydrogen-bond donors (Lipinski definition) is 2. The molecule has 0 spiro atoms. The third-order valence-electron chi connectivity index (χ3n) is 4.66. The first-order valence-electron chi connectivity index (χ1n) is 9.02. The molecule has 10 heteroatoms. The summed E-state index contributed by atoms with van der Waals surface area (Å²) in [5.41, 5.74) is 5.20. The van der Waals surface area contributed by atoms with E-state index in [4.69, 9.17) is 5.73 Å². The number of sulfonamides is 1. The van der Waals surface area contributed by atoms with Gasteiger partial charge < -0.3 is 11.1 Å². The fraction of sp³-hybridized carbons (Fsp3) is 0.500. The molecule has 153 valence electrons. The molecule has 0 aliphatic carbocycles. The van der Waals surface area contributed by atoms with Gasteiger partial charge in [-0.05, 0) is 38.3 Å². The molecule has 0 saturated carbocycles. The van der Waals surface area contributed by atoms with Crippen LogP contribution in [0.3, 0.4) is 0 Å². The number of carbonyl (C=O) groups is 3. The molecule has 0 unspecified atom stereocenters. The molecule has 1 fully saturated rings. The molecule has 3 N–H and O–H groups in total. The molecular weight excluding hydrogens is 384 g/mol. The lowest BCUT2D eigenvalue weighted by Crippen LogP contribution is -2.50. The summed E-state index contributed by atoms with van der Waals surface area (Å²) in [4.78, 5) is 40.5. The highest BCUT2D eigenvalue weighted by Gasteiger charge is 2.40. The Labute approximate surface area is 164 Å². The van der Waals surface area contributed by atoms with Gasteiger partial charge in [0, 0.05) is 18.2 Å². The van der Waals surface area contributed by atoms with Crippen LogP contribution in [0.25, 0.3) is 0 Å². The zero-order valence-corrected chi connectivity index (χ0v) is 16.7. The Kier molecular flexibility index (Phi) is 7.25. The van der Waals surface area contributed by atoms with Crippen molar-refractivity contribution in [1.29, 1.82) is 0 Å². The molecule has 1 aliphatic heterocycles. The van der Waals surface area contributed by atoms with Crippen molar-refractivity contribution in [3.05, 3.63) is 30.8 Å². The summed E-state index contributed by atoms with van der Waals surface area (Å²) in [6.07, 6.45) is 3.08. The number of pyridine rings is 1. The summed E-state index contributed by atoms with van der Waals surface area (Å²) in [5, 5.41) is 2.68. The fourth-order valence-electron chi connectivity index (χ4n) is 2.84. The lowest BCUT2D eigenvalue weighted by molar-refractivity contribution is -0.131. The van der Waals surface area contributed by atoms with Crippen molar-refractivity contribution in [2.75, 3.05) is 6.54 Å². The Balaban J connectivity index is 2.39. The van der Waals surface area contributed by atoms with Gasteiger partial charge in [-0.1, -0.05) is 13.0 Å². The van der Waals surface area contributed by atoms with E-state index < -0.39 is 39.6 Å². The summed E-state index contributed by atoms with van der Waals surface area (Å²) in [7, 11) is -4.36. The number of primary amides is 1. The average Bonchev–Trinajstić information content (AvgIpc) is 2.82. The molecule has 2 heterocycles. The number of nitrogens with two attached hydrogens (primary N) is 1. The number of amides is 2. The molecule has 0 aromatic carbocycles. The third-order valence-corrected chi connectivity index (χ3v) is 6.38. The quantitative estimate of drug-likeness (QED) is 0.647. The van der Waals surface area contributed by atoms with Crippen molar-refractivity contribution in [3.8, 4) is 0 Å². The van der Waals surface area contributed by atoms with E-state index in [0.717, 1.165) is 6.42 Å². The molecule has 1 aliphatic rings. The lowest BCUT2D eigenvalue weighted by atomic mass is 10.0. The van der Waals surface area contributed by atoms with E-state index in [1.54, 1.807) is 6.07 Å². The number of nitrogens with one attached hydrogen (secondary N) is 1. The van der Waals surface area contributed by atoms with Crippen LogP contribution >= 0.6 is 0 Å².